The molecule has 0 fully saturated rings. The van der Waals surface area contributed by atoms with Gasteiger partial charge in [0.1, 0.15) is 10.8 Å². The van der Waals surface area contributed by atoms with E-state index in [0.717, 1.165) is 8.79 Å². The van der Waals surface area contributed by atoms with Crippen LogP contribution in [0.25, 0.3) is 0 Å². The number of hydrogen-bond acceptors (Lipinski definition) is 3. The lowest BCUT2D eigenvalue weighted by atomic mass is 9.89. The van der Waals surface area contributed by atoms with Crippen molar-refractivity contribution in [2.45, 2.75) is 27.2 Å². The third-order valence-electron chi connectivity index (χ3n) is 1.67. The van der Waals surface area contributed by atoms with Gasteiger partial charge in [0.15, 0.2) is 0 Å². The molecule has 0 aliphatic heterocycles. The van der Waals surface area contributed by atoms with E-state index in [-0.39, 0.29) is 11.2 Å². The number of hydrogen-bond donors (Lipinski definition) is 0. The Labute approximate surface area is 90.5 Å². The summed E-state index contributed by atoms with van der Waals surface area (Å²) in [7, 11) is 0. The third-order valence-corrected chi connectivity index (χ3v) is 3.15. The normalized spacial score (nSPS) is 11.7. The second-order valence-corrected chi connectivity index (χ2v) is 6.40. The van der Waals surface area contributed by atoms with E-state index in [9.17, 15) is 4.79 Å². The van der Waals surface area contributed by atoms with E-state index < -0.39 is 0 Å². The lowest BCUT2D eigenvalue weighted by Gasteiger charge is -2.14. The van der Waals surface area contributed by atoms with E-state index >= 15 is 0 Å². The van der Waals surface area contributed by atoms with E-state index in [1.165, 1.54) is 11.3 Å². The van der Waals surface area contributed by atoms with Gasteiger partial charge in [-0.2, -0.15) is 0 Å². The molecule has 0 unspecified atom stereocenters. The zero-order valence-corrected chi connectivity index (χ0v) is 10.3. The summed E-state index contributed by atoms with van der Waals surface area (Å²) in [6.45, 7) is 5.79. The quantitative estimate of drug-likeness (QED) is 0.819. The van der Waals surface area contributed by atoms with Crippen LogP contribution in [0.3, 0.4) is 0 Å². The van der Waals surface area contributed by atoms with E-state index in [1.54, 1.807) is 6.20 Å². The van der Waals surface area contributed by atoms with Gasteiger partial charge >= 0.3 is 0 Å². The Morgan fingerprint density at radius 1 is 1.62 bits per heavy atom. The molecule has 0 spiro atoms. The van der Waals surface area contributed by atoms with Gasteiger partial charge in [-0.05, 0) is 15.9 Å². The molecule has 13 heavy (non-hydrogen) atoms. The Hall–Kier alpha value is -0.220. The average Bonchev–Trinajstić information content (AvgIpc) is 2.33. The minimum Gasteiger partial charge on any atom is -0.299 e. The van der Waals surface area contributed by atoms with Crippen LogP contribution in [0.2, 0.25) is 0 Å². The lowest BCUT2D eigenvalue weighted by Crippen LogP contribution is -2.21. The van der Waals surface area contributed by atoms with Crippen molar-refractivity contribution in [3.63, 3.8) is 0 Å². The molecule has 1 heterocycles. The van der Waals surface area contributed by atoms with Crippen LogP contribution in [0.1, 0.15) is 25.8 Å². The van der Waals surface area contributed by atoms with Gasteiger partial charge < -0.3 is 0 Å². The van der Waals surface area contributed by atoms with Crippen LogP contribution in [0, 0.1) is 5.41 Å². The zero-order chi connectivity index (χ0) is 10.1. The fourth-order valence-corrected chi connectivity index (χ4v) is 2.07. The second kappa shape index (κ2) is 3.88. The van der Waals surface area contributed by atoms with Gasteiger partial charge in [0.25, 0.3) is 0 Å². The zero-order valence-electron chi connectivity index (χ0n) is 7.93. The first-order chi connectivity index (χ1) is 5.89. The highest BCUT2D eigenvalue weighted by atomic mass is 79.9. The largest absolute Gasteiger partial charge is 0.299 e. The number of Topliss-reactive ketones (excluding diaryl/α,β-unsaturated/α-hetero) is 1. The van der Waals surface area contributed by atoms with Crippen LogP contribution < -0.4 is 0 Å². The maximum Gasteiger partial charge on any atom is 0.144 e. The number of halogens is 1. The van der Waals surface area contributed by atoms with Gasteiger partial charge in [0, 0.05) is 5.41 Å². The number of thiazole rings is 1. The number of nitrogens with zero attached hydrogens (tertiary/aromatic N) is 1. The highest BCUT2D eigenvalue weighted by Gasteiger charge is 2.22. The van der Waals surface area contributed by atoms with Crippen molar-refractivity contribution in [2.75, 3.05) is 0 Å². The van der Waals surface area contributed by atoms with Gasteiger partial charge in [-0.3, -0.25) is 4.79 Å². The molecule has 1 aromatic rings. The highest BCUT2D eigenvalue weighted by Crippen LogP contribution is 2.23. The third kappa shape index (κ3) is 3.19. The van der Waals surface area contributed by atoms with Crippen LogP contribution in [-0.2, 0) is 11.2 Å². The van der Waals surface area contributed by atoms with E-state index in [4.69, 9.17) is 0 Å². The fraction of sp³-hybridized carbons (Fsp3) is 0.556. The molecule has 0 amide bonds. The molecule has 0 bridgehead atoms. The number of ketones is 1. The molecule has 0 saturated carbocycles. The summed E-state index contributed by atoms with van der Waals surface area (Å²) in [4.78, 5) is 15.7. The Morgan fingerprint density at radius 3 is 2.62 bits per heavy atom. The minimum atomic E-state index is -0.266. The minimum absolute atomic E-state index is 0.231. The molecule has 4 heteroatoms. The molecular formula is C9H12BrNOS. The van der Waals surface area contributed by atoms with Crippen molar-refractivity contribution in [2.24, 2.45) is 5.41 Å². The van der Waals surface area contributed by atoms with Crippen LogP contribution in [0.4, 0.5) is 0 Å². The van der Waals surface area contributed by atoms with E-state index in [1.807, 2.05) is 20.8 Å². The van der Waals surface area contributed by atoms with Gasteiger partial charge in [0.05, 0.1) is 16.4 Å². The molecule has 0 aliphatic rings. The monoisotopic (exact) mass is 261 g/mol. The summed E-state index contributed by atoms with van der Waals surface area (Å²) >= 11 is 4.83. The number of aromatic nitrogens is 1. The molecule has 2 nitrogen and oxygen atoms in total. The predicted molar refractivity (Wildman–Crippen MR) is 58.0 cm³/mol. The molecule has 0 aliphatic carbocycles. The number of carbonyl (C=O) groups is 1. The molecule has 0 saturated heterocycles. The van der Waals surface area contributed by atoms with Crippen molar-refractivity contribution < 1.29 is 4.79 Å². The predicted octanol–water partition coefficient (Wildman–Crippen LogP) is 3.06. The van der Waals surface area contributed by atoms with Crippen LogP contribution in [0.5, 0.6) is 0 Å². The topological polar surface area (TPSA) is 30.0 Å². The lowest BCUT2D eigenvalue weighted by molar-refractivity contribution is -0.125. The van der Waals surface area contributed by atoms with Crippen molar-refractivity contribution in [1.82, 2.24) is 4.98 Å². The Balaban J connectivity index is 2.65. The van der Waals surface area contributed by atoms with Crippen molar-refractivity contribution in [1.29, 1.82) is 0 Å². The molecule has 1 aromatic heterocycles. The summed E-state index contributed by atoms with van der Waals surface area (Å²) in [6, 6.07) is 0. The maximum atomic E-state index is 11.6. The molecular weight excluding hydrogens is 250 g/mol. The molecule has 0 radical (unpaired) electrons. The fourth-order valence-electron chi connectivity index (χ4n) is 0.772. The van der Waals surface area contributed by atoms with Gasteiger partial charge in [0.2, 0.25) is 0 Å². The summed E-state index contributed by atoms with van der Waals surface area (Å²) in [5.74, 6) is 0.231. The summed E-state index contributed by atoms with van der Waals surface area (Å²) < 4.78 is 0.976. The molecule has 0 aromatic carbocycles. The van der Waals surface area contributed by atoms with Crippen LogP contribution in [-0.4, -0.2) is 10.8 Å². The smallest absolute Gasteiger partial charge is 0.144 e. The maximum absolute atomic E-state index is 11.6. The Bertz CT molecular complexity index is 314. The van der Waals surface area contributed by atoms with Gasteiger partial charge in [-0.15, -0.1) is 11.3 Å². The number of rotatable bonds is 2. The number of carbonyl (C=O) groups excluding carboxylic acids is 1. The molecule has 0 atom stereocenters. The van der Waals surface area contributed by atoms with Crippen molar-refractivity contribution >= 4 is 33.0 Å². The van der Waals surface area contributed by atoms with E-state index in [0.29, 0.717) is 6.42 Å². The van der Waals surface area contributed by atoms with Crippen molar-refractivity contribution in [3.05, 3.63) is 15.0 Å². The van der Waals surface area contributed by atoms with Crippen molar-refractivity contribution in [3.8, 4) is 0 Å². The first-order valence-corrected chi connectivity index (χ1v) is 5.64. The van der Waals surface area contributed by atoms with Crippen LogP contribution in [0.15, 0.2) is 9.98 Å². The summed E-state index contributed by atoms with van der Waals surface area (Å²) in [5.41, 5.74) is -0.266. The average molecular weight is 262 g/mol. The first kappa shape index (κ1) is 10.9. The first-order valence-electron chi connectivity index (χ1n) is 4.03. The Kier molecular flexibility index (Phi) is 3.24. The molecule has 0 N–H and O–H groups in total. The van der Waals surface area contributed by atoms with E-state index in [2.05, 4.69) is 20.9 Å². The second-order valence-electron chi connectivity index (χ2n) is 3.91. The van der Waals surface area contributed by atoms with Gasteiger partial charge in [-0.1, -0.05) is 20.8 Å². The molecule has 1 rings (SSSR count). The SMILES string of the molecule is CC(C)(C)C(=O)Cc1ncc(Br)s1. The van der Waals surface area contributed by atoms with Crippen LogP contribution >= 0.6 is 27.3 Å². The summed E-state index contributed by atoms with van der Waals surface area (Å²) in [6.07, 6.45) is 2.18. The standard InChI is InChI=1S/C9H12BrNOS/c1-9(2,3)6(12)4-8-11-5-7(10)13-8/h5H,4H2,1-3H3. The summed E-state index contributed by atoms with van der Waals surface area (Å²) in [5, 5.41) is 0.881. The molecule has 72 valence electrons. The Morgan fingerprint density at radius 2 is 2.23 bits per heavy atom. The van der Waals surface area contributed by atoms with Gasteiger partial charge in [-0.25, -0.2) is 4.98 Å². The highest BCUT2D eigenvalue weighted by molar-refractivity contribution is 9.11.